The lowest BCUT2D eigenvalue weighted by Gasteiger charge is -2.07. The summed E-state index contributed by atoms with van der Waals surface area (Å²) < 4.78 is 0. The molecule has 0 aliphatic heterocycles. The van der Waals surface area contributed by atoms with Crippen molar-refractivity contribution in [2.45, 2.75) is 18.4 Å². The molecule has 1 N–H and O–H groups in total. The van der Waals surface area contributed by atoms with Crippen molar-refractivity contribution >= 4 is 23.1 Å². The minimum Gasteiger partial charge on any atom is -0.383 e. The molecule has 0 aliphatic rings. The second kappa shape index (κ2) is 7.13. The lowest BCUT2D eigenvalue weighted by molar-refractivity contribution is -0.383. The number of nitrogens with zero attached hydrogens (tertiary/aromatic N) is 1. The van der Waals surface area contributed by atoms with Gasteiger partial charge in [-0.25, -0.2) is 0 Å². The summed E-state index contributed by atoms with van der Waals surface area (Å²) in [6, 6.07) is 13.6. The Balaban J connectivity index is 2.01. The van der Waals surface area contributed by atoms with Crippen LogP contribution in [-0.4, -0.2) is 12.0 Å². The van der Waals surface area contributed by atoms with Crippen LogP contribution in [0.2, 0.25) is 0 Å². The monoisotopic (exact) mass is 302 g/mol. The molecule has 2 aromatic carbocycles. The second-order valence-corrected chi connectivity index (χ2v) is 5.76. The van der Waals surface area contributed by atoms with Crippen LogP contribution in [0.4, 0.5) is 11.4 Å². The number of hydrogen-bond donors (Lipinski definition) is 1. The first kappa shape index (κ1) is 15.4. The molecule has 0 aromatic heterocycles. The predicted octanol–water partition coefficient (Wildman–Crippen LogP) is 4.38. The van der Waals surface area contributed by atoms with Crippen molar-refractivity contribution in [3.63, 3.8) is 0 Å². The van der Waals surface area contributed by atoms with E-state index < -0.39 is 0 Å². The third kappa shape index (κ3) is 3.98. The molecule has 21 heavy (non-hydrogen) atoms. The maximum Gasteiger partial charge on any atom is 0.292 e. The van der Waals surface area contributed by atoms with Crippen molar-refractivity contribution in [2.24, 2.45) is 0 Å². The normalized spacial score (nSPS) is 10.4. The van der Waals surface area contributed by atoms with Crippen LogP contribution in [0.15, 0.2) is 42.5 Å². The van der Waals surface area contributed by atoms with Gasteiger partial charge >= 0.3 is 0 Å². The van der Waals surface area contributed by atoms with Gasteiger partial charge in [0.1, 0.15) is 5.69 Å². The van der Waals surface area contributed by atoms with Gasteiger partial charge in [0, 0.05) is 24.6 Å². The van der Waals surface area contributed by atoms with E-state index in [0.717, 1.165) is 17.1 Å². The molecule has 0 saturated carbocycles. The Morgan fingerprint density at radius 1 is 1.19 bits per heavy atom. The number of nitro benzene ring substituents is 1. The number of aryl methyl sites for hydroxylation is 1. The topological polar surface area (TPSA) is 55.2 Å². The minimum absolute atomic E-state index is 0.116. The van der Waals surface area contributed by atoms with Gasteiger partial charge < -0.3 is 5.32 Å². The number of benzene rings is 2. The van der Waals surface area contributed by atoms with Crippen molar-refractivity contribution < 1.29 is 4.92 Å². The van der Waals surface area contributed by atoms with Gasteiger partial charge in [0.05, 0.1) is 4.92 Å². The number of hydrogen-bond acceptors (Lipinski definition) is 4. The molecule has 5 heteroatoms. The Morgan fingerprint density at radius 3 is 2.62 bits per heavy atom. The first-order chi connectivity index (χ1) is 10.1. The van der Waals surface area contributed by atoms with Crippen LogP contribution in [0.1, 0.15) is 16.7 Å². The summed E-state index contributed by atoms with van der Waals surface area (Å²) in [5.41, 5.74) is 4.39. The van der Waals surface area contributed by atoms with Crippen LogP contribution in [0.5, 0.6) is 0 Å². The van der Waals surface area contributed by atoms with Crippen LogP contribution in [0.25, 0.3) is 0 Å². The summed E-state index contributed by atoms with van der Waals surface area (Å²) in [5.74, 6) is 1.78. The van der Waals surface area contributed by atoms with Crippen molar-refractivity contribution in [1.29, 1.82) is 0 Å². The molecule has 0 spiro atoms. The maximum atomic E-state index is 10.9. The third-order valence-electron chi connectivity index (χ3n) is 3.31. The van der Waals surface area contributed by atoms with Crippen molar-refractivity contribution in [3.05, 3.63) is 69.3 Å². The van der Waals surface area contributed by atoms with Gasteiger partial charge in [-0.2, -0.15) is 11.8 Å². The molecule has 0 bridgehead atoms. The van der Waals surface area contributed by atoms with E-state index in [1.807, 2.05) is 36.0 Å². The van der Waals surface area contributed by atoms with E-state index in [4.69, 9.17) is 0 Å². The van der Waals surface area contributed by atoms with E-state index >= 15 is 0 Å². The van der Waals surface area contributed by atoms with Gasteiger partial charge in [0.15, 0.2) is 0 Å². The Morgan fingerprint density at radius 2 is 1.95 bits per heavy atom. The largest absolute Gasteiger partial charge is 0.383 e. The highest BCUT2D eigenvalue weighted by Crippen LogP contribution is 2.27. The molecule has 0 fully saturated rings. The lowest BCUT2D eigenvalue weighted by atomic mass is 10.1. The molecule has 0 unspecified atom stereocenters. The van der Waals surface area contributed by atoms with Gasteiger partial charge in [0.2, 0.25) is 0 Å². The van der Waals surface area contributed by atoms with E-state index in [2.05, 4.69) is 24.4 Å². The summed E-state index contributed by atoms with van der Waals surface area (Å²) in [5, 5.41) is 13.8. The van der Waals surface area contributed by atoms with E-state index in [1.54, 1.807) is 13.1 Å². The number of anilines is 1. The molecule has 0 saturated heterocycles. The first-order valence-corrected chi connectivity index (χ1v) is 7.84. The van der Waals surface area contributed by atoms with E-state index in [-0.39, 0.29) is 10.6 Å². The molecule has 110 valence electrons. The van der Waals surface area contributed by atoms with Gasteiger partial charge in [-0.3, -0.25) is 10.1 Å². The van der Waals surface area contributed by atoms with Crippen LogP contribution in [-0.2, 0) is 11.5 Å². The average Bonchev–Trinajstić information content (AvgIpc) is 2.48. The van der Waals surface area contributed by atoms with Gasteiger partial charge in [-0.1, -0.05) is 30.3 Å². The van der Waals surface area contributed by atoms with E-state index in [1.165, 1.54) is 11.1 Å². The molecular formula is C16H18N2O2S. The molecule has 0 radical (unpaired) electrons. The van der Waals surface area contributed by atoms with Crippen LogP contribution in [0, 0.1) is 17.0 Å². The van der Waals surface area contributed by atoms with Crippen LogP contribution >= 0.6 is 11.8 Å². The van der Waals surface area contributed by atoms with Crippen LogP contribution < -0.4 is 5.32 Å². The number of nitrogens with one attached hydrogen (secondary N) is 1. The summed E-state index contributed by atoms with van der Waals surface area (Å²) >= 11 is 1.81. The predicted molar refractivity (Wildman–Crippen MR) is 88.8 cm³/mol. The maximum absolute atomic E-state index is 10.9. The number of thioether (sulfide) groups is 1. The first-order valence-electron chi connectivity index (χ1n) is 6.69. The summed E-state index contributed by atoms with van der Waals surface area (Å²) in [7, 11) is 1.70. The highest BCUT2D eigenvalue weighted by atomic mass is 32.2. The zero-order chi connectivity index (χ0) is 15.2. The minimum atomic E-state index is -0.365. The number of rotatable bonds is 6. The summed E-state index contributed by atoms with van der Waals surface area (Å²) in [6.45, 7) is 2.11. The zero-order valence-electron chi connectivity index (χ0n) is 12.1. The fraction of sp³-hybridized carbons (Fsp3) is 0.250. The Kier molecular flexibility index (Phi) is 5.22. The van der Waals surface area contributed by atoms with Crippen molar-refractivity contribution in [3.8, 4) is 0 Å². The Hall–Kier alpha value is -2.01. The van der Waals surface area contributed by atoms with Gasteiger partial charge in [-0.15, -0.1) is 0 Å². The molecule has 2 aromatic rings. The standard InChI is InChI=1S/C16H18N2O2S/c1-12-5-3-4-6-14(12)11-21-10-13-7-8-16(18(19)20)15(9-13)17-2/h3-9,17H,10-11H2,1-2H3. The highest BCUT2D eigenvalue weighted by molar-refractivity contribution is 7.97. The molecule has 0 amide bonds. The highest BCUT2D eigenvalue weighted by Gasteiger charge is 2.12. The van der Waals surface area contributed by atoms with Crippen molar-refractivity contribution in [2.75, 3.05) is 12.4 Å². The van der Waals surface area contributed by atoms with E-state index in [0.29, 0.717) is 5.69 Å². The molecule has 2 rings (SSSR count). The zero-order valence-corrected chi connectivity index (χ0v) is 12.9. The third-order valence-corrected chi connectivity index (χ3v) is 4.37. The van der Waals surface area contributed by atoms with Gasteiger partial charge in [0.25, 0.3) is 5.69 Å². The lowest BCUT2D eigenvalue weighted by Crippen LogP contribution is -1.97. The average molecular weight is 302 g/mol. The van der Waals surface area contributed by atoms with Crippen LogP contribution in [0.3, 0.4) is 0 Å². The summed E-state index contributed by atoms with van der Waals surface area (Å²) in [6.07, 6.45) is 0. The van der Waals surface area contributed by atoms with Crippen molar-refractivity contribution in [1.82, 2.24) is 0 Å². The second-order valence-electron chi connectivity index (χ2n) is 4.78. The molecule has 0 atom stereocenters. The molecule has 0 aliphatic carbocycles. The quantitative estimate of drug-likeness (QED) is 0.635. The van der Waals surface area contributed by atoms with E-state index in [9.17, 15) is 10.1 Å². The number of nitro groups is 1. The Bertz CT molecular complexity index is 644. The SMILES string of the molecule is CNc1cc(CSCc2ccccc2C)ccc1[N+](=O)[O-]. The molecule has 0 heterocycles. The summed E-state index contributed by atoms with van der Waals surface area (Å²) in [4.78, 5) is 10.5. The van der Waals surface area contributed by atoms with Gasteiger partial charge in [-0.05, 0) is 29.7 Å². The molecule has 4 nitrogen and oxygen atoms in total. The fourth-order valence-corrected chi connectivity index (χ4v) is 3.14. The fourth-order valence-electron chi connectivity index (χ4n) is 2.08. The molecular weight excluding hydrogens is 284 g/mol. The Labute approximate surface area is 128 Å². The smallest absolute Gasteiger partial charge is 0.292 e.